The van der Waals surface area contributed by atoms with E-state index in [1.54, 1.807) is 0 Å². The second kappa shape index (κ2) is 9.00. The number of fused-ring (bicyclic) bond motifs is 2. The maximum absolute atomic E-state index is 6.62. The molecule has 3 aromatic rings. The van der Waals surface area contributed by atoms with Crippen LogP contribution in [0.5, 0.6) is 0 Å². The zero-order chi connectivity index (χ0) is 24.1. The standard InChI is InChI=1S/C29H33N7/c30-28-27-26(21-7-6-20-8-9-24(33-25(20)18-21)19-4-2-1-3-5-19)34-29(36(27)15-12-32-28)22-16-23(17-22)35-13-10-31-11-14-35/h1-9,12,15,18,22-23,26-28,31-32H,10-11,13-14,16-17,30H2. The first-order chi connectivity index (χ1) is 17.7. The van der Waals surface area contributed by atoms with Gasteiger partial charge in [-0.15, -0.1) is 0 Å². The fourth-order valence-electron chi connectivity index (χ4n) is 6.29. The lowest BCUT2D eigenvalue weighted by Crippen LogP contribution is -2.58. The largest absolute Gasteiger partial charge is 0.373 e. The highest BCUT2D eigenvalue weighted by molar-refractivity contribution is 5.89. The molecule has 4 N–H and O–H groups in total. The number of hydrogen-bond donors (Lipinski definition) is 3. The molecule has 0 radical (unpaired) electrons. The van der Waals surface area contributed by atoms with Crippen LogP contribution >= 0.6 is 0 Å². The molecule has 3 unspecified atom stereocenters. The molecule has 36 heavy (non-hydrogen) atoms. The lowest BCUT2D eigenvalue weighted by Gasteiger charge is -2.46. The van der Waals surface area contributed by atoms with E-state index < -0.39 is 0 Å². The average Bonchev–Trinajstić information content (AvgIpc) is 3.29. The maximum Gasteiger partial charge on any atom is 0.107 e. The molecule has 4 aliphatic rings. The van der Waals surface area contributed by atoms with Crippen molar-refractivity contribution in [1.82, 2.24) is 25.4 Å². The number of aromatic nitrogens is 1. The minimum Gasteiger partial charge on any atom is -0.373 e. The Bertz CT molecular complexity index is 1310. The van der Waals surface area contributed by atoms with Gasteiger partial charge in [0, 0.05) is 61.5 Å². The van der Waals surface area contributed by atoms with Crippen LogP contribution in [0.2, 0.25) is 0 Å². The number of benzene rings is 2. The maximum atomic E-state index is 6.62. The molecule has 184 valence electrons. The zero-order valence-electron chi connectivity index (χ0n) is 20.4. The molecule has 2 fully saturated rings. The van der Waals surface area contributed by atoms with Gasteiger partial charge in [-0.3, -0.25) is 9.89 Å². The zero-order valence-corrected chi connectivity index (χ0v) is 20.4. The SMILES string of the molecule is NC1NC=CN2C(C3CC(N4CCNCC4)C3)=NC(c3ccc4ccc(-c5ccccc5)nc4c3)C12. The molecular formula is C29H33N7. The number of aliphatic imine (C=N–C) groups is 1. The van der Waals surface area contributed by atoms with E-state index in [0.717, 1.165) is 48.3 Å². The van der Waals surface area contributed by atoms with Gasteiger partial charge >= 0.3 is 0 Å². The third-order valence-electron chi connectivity index (χ3n) is 8.35. The molecule has 0 bridgehead atoms. The van der Waals surface area contributed by atoms with Gasteiger partial charge in [0.25, 0.3) is 0 Å². The van der Waals surface area contributed by atoms with Crippen molar-refractivity contribution in [3.8, 4) is 11.3 Å². The predicted molar refractivity (Wildman–Crippen MR) is 144 cm³/mol. The summed E-state index contributed by atoms with van der Waals surface area (Å²) in [5.74, 6) is 1.70. The van der Waals surface area contributed by atoms with Crippen LogP contribution in [-0.4, -0.2) is 65.0 Å². The van der Waals surface area contributed by atoms with Crippen molar-refractivity contribution >= 4 is 16.7 Å². The van der Waals surface area contributed by atoms with E-state index in [1.807, 2.05) is 12.3 Å². The van der Waals surface area contributed by atoms with Crippen LogP contribution in [0.15, 0.2) is 78.1 Å². The molecule has 2 aromatic carbocycles. The van der Waals surface area contributed by atoms with Gasteiger partial charge in [0.1, 0.15) is 11.9 Å². The minimum atomic E-state index is -0.176. The molecule has 7 nitrogen and oxygen atoms in total. The highest BCUT2D eigenvalue weighted by Crippen LogP contribution is 2.42. The van der Waals surface area contributed by atoms with E-state index in [9.17, 15) is 0 Å². The van der Waals surface area contributed by atoms with E-state index in [4.69, 9.17) is 15.7 Å². The van der Waals surface area contributed by atoms with Gasteiger partial charge in [-0.1, -0.05) is 48.5 Å². The van der Waals surface area contributed by atoms with Crippen LogP contribution in [0.1, 0.15) is 24.4 Å². The Kier molecular flexibility index (Phi) is 5.49. The van der Waals surface area contributed by atoms with Crippen LogP contribution < -0.4 is 16.4 Å². The molecule has 7 rings (SSSR count). The van der Waals surface area contributed by atoms with Gasteiger partial charge < -0.3 is 21.3 Å². The van der Waals surface area contributed by atoms with Gasteiger partial charge in [0.05, 0.1) is 23.4 Å². The summed E-state index contributed by atoms with van der Waals surface area (Å²) in [7, 11) is 0. The Morgan fingerprint density at radius 1 is 0.944 bits per heavy atom. The second-order valence-corrected chi connectivity index (χ2v) is 10.5. The summed E-state index contributed by atoms with van der Waals surface area (Å²) < 4.78 is 0. The Balaban J connectivity index is 1.19. The summed E-state index contributed by atoms with van der Waals surface area (Å²) in [5.41, 5.74) is 10.9. The van der Waals surface area contributed by atoms with Gasteiger partial charge in [0.2, 0.25) is 0 Å². The van der Waals surface area contributed by atoms with Crippen molar-refractivity contribution in [2.75, 3.05) is 26.2 Å². The van der Waals surface area contributed by atoms with Gasteiger partial charge in [-0.25, -0.2) is 4.98 Å². The summed E-state index contributed by atoms with van der Waals surface area (Å²) in [5, 5.41) is 7.94. The number of rotatable bonds is 4. The van der Waals surface area contributed by atoms with Crippen LogP contribution in [0.3, 0.4) is 0 Å². The van der Waals surface area contributed by atoms with Crippen molar-refractivity contribution < 1.29 is 0 Å². The number of hydrogen-bond acceptors (Lipinski definition) is 7. The Hall–Kier alpha value is -3.26. The molecule has 0 spiro atoms. The number of pyridine rings is 1. The first-order valence-corrected chi connectivity index (χ1v) is 13.2. The second-order valence-electron chi connectivity index (χ2n) is 10.5. The van der Waals surface area contributed by atoms with E-state index in [0.29, 0.717) is 12.0 Å². The number of nitrogens with one attached hydrogen (secondary N) is 2. The Morgan fingerprint density at radius 2 is 1.75 bits per heavy atom. The summed E-state index contributed by atoms with van der Waals surface area (Å²) in [6.07, 6.45) is 6.30. The molecule has 1 aromatic heterocycles. The molecule has 4 heterocycles. The van der Waals surface area contributed by atoms with Crippen molar-refractivity contribution in [2.24, 2.45) is 16.6 Å². The highest BCUT2D eigenvalue weighted by atomic mass is 15.3. The summed E-state index contributed by atoms with van der Waals surface area (Å²) in [6, 6.07) is 21.9. The smallest absolute Gasteiger partial charge is 0.107 e. The first kappa shape index (κ1) is 22.0. The highest BCUT2D eigenvalue weighted by Gasteiger charge is 2.47. The van der Waals surface area contributed by atoms with Crippen LogP contribution in [0, 0.1) is 5.92 Å². The van der Waals surface area contributed by atoms with Crippen molar-refractivity contribution in [2.45, 2.75) is 37.1 Å². The van der Waals surface area contributed by atoms with Gasteiger partial charge in [0.15, 0.2) is 0 Å². The molecule has 7 heteroatoms. The minimum absolute atomic E-state index is 0.0164. The van der Waals surface area contributed by atoms with E-state index in [2.05, 4.69) is 81.2 Å². The number of nitrogens with two attached hydrogens (primary N) is 1. The van der Waals surface area contributed by atoms with E-state index in [1.165, 1.54) is 24.2 Å². The molecule has 3 atom stereocenters. The fraction of sp³-hybridized carbons (Fsp3) is 0.379. The van der Waals surface area contributed by atoms with Crippen LogP contribution in [-0.2, 0) is 0 Å². The molecule has 1 saturated carbocycles. The van der Waals surface area contributed by atoms with Crippen molar-refractivity contribution in [1.29, 1.82) is 0 Å². The number of piperazine rings is 1. The average molecular weight is 480 g/mol. The fourth-order valence-corrected chi connectivity index (χ4v) is 6.29. The lowest BCUT2D eigenvalue weighted by atomic mass is 9.77. The van der Waals surface area contributed by atoms with Crippen molar-refractivity contribution in [3.05, 3.63) is 78.6 Å². The number of nitrogens with zero attached hydrogens (tertiary/aromatic N) is 4. The predicted octanol–water partition coefficient (Wildman–Crippen LogP) is 3.07. The third-order valence-corrected chi connectivity index (χ3v) is 8.35. The van der Waals surface area contributed by atoms with E-state index >= 15 is 0 Å². The Morgan fingerprint density at radius 3 is 2.58 bits per heavy atom. The molecule has 1 saturated heterocycles. The number of amidine groups is 1. The quantitative estimate of drug-likeness (QED) is 0.534. The van der Waals surface area contributed by atoms with Gasteiger partial charge in [-0.05, 0) is 30.5 Å². The third kappa shape index (κ3) is 3.79. The van der Waals surface area contributed by atoms with Crippen LogP contribution in [0.4, 0.5) is 0 Å². The summed E-state index contributed by atoms with van der Waals surface area (Å²) in [6.45, 7) is 4.51. The summed E-state index contributed by atoms with van der Waals surface area (Å²) in [4.78, 5) is 15.4. The lowest BCUT2D eigenvalue weighted by molar-refractivity contribution is 0.0879. The monoisotopic (exact) mass is 479 g/mol. The van der Waals surface area contributed by atoms with E-state index in [-0.39, 0.29) is 18.2 Å². The Labute approximate surface area is 212 Å². The molecular weight excluding hydrogens is 446 g/mol. The topological polar surface area (TPSA) is 81.8 Å². The van der Waals surface area contributed by atoms with Crippen LogP contribution in [0.25, 0.3) is 22.2 Å². The molecule has 3 aliphatic heterocycles. The normalized spacial score (nSPS) is 30.0. The summed E-state index contributed by atoms with van der Waals surface area (Å²) >= 11 is 0. The first-order valence-electron chi connectivity index (χ1n) is 13.2. The van der Waals surface area contributed by atoms with Crippen molar-refractivity contribution in [3.63, 3.8) is 0 Å². The molecule has 0 amide bonds. The molecule has 1 aliphatic carbocycles. The van der Waals surface area contributed by atoms with Gasteiger partial charge in [-0.2, -0.15) is 0 Å².